The van der Waals surface area contributed by atoms with Gasteiger partial charge in [0.1, 0.15) is 0 Å². The van der Waals surface area contributed by atoms with Crippen LogP contribution in [0, 0.1) is 0 Å². The van der Waals surface area contributed by atoms with Gasteiger partial charge in [-0.3, -0.25) is 0 Å². The number of rotatable bonds is 7. The standard InChI is InChI=1S/C30H23Cl2O3PS/c31-24-21-22-29(32)30(23-24)37(33,34)35-36(25-13-5-1-6-14-25,26-15-7-2-8-16-26,27-17-9-3-10-18-27)28-19-11-4-12-20-28/h1-23H. The molecule has 186 valence electrons. The first kappa shape index (κ1) is 25.7. The van der Waals surface area contributed by atoms with E-state index in [0.29, 0.717) is 0 Å². The zero-order chi connectivity index (χ0) is 26.0. The van der Waals surface area contributed by atoms with Gasteiger partial charge < -0.3 is 0 Å². The van der Waals surface area contributed by atoms with E-state index in [4.69, 9.17) is 27.2 Å². The summed E-state index contributed by atoms with van der Waals surface area (Å²) in [5.74, 6) is 0. The molecule has 0 unspecified atom stereocenters. The Balaban J connectivity index is 2.03. The first-order valence-electron chi connectivity index (χ1n) is 11.5. The second kappa shape index (κ2) is 10.1. The number of benzene rings is 5. The molecule has 7 heteroatoms. The molecular formula is C30H23Cl2O3PS. The van der Waals surface area contributed by atoms with E-state index in [1.165, 1.54) is 12.1 Å². The van der Waals surface area contributed by atoms with Crippen molar-refractivity contribution in [2.24, 2.45) is 0 Å². The van der Waals surface area contributed by atoms with E-state index >= 15 is 0 Å². The third-order valence-electron chi connectivity index (χ3n) is 6.41. The van der Waals surface area contributed by atoms with Crippen LogP contribution in [0.2, 0.25) is 10.0 Å². The Hall–Kier alpha value is -2.98. The van der Waals surface area contributed by atoms with Crippen LogP contribution in [0.25, 0.3) is 0 Å². The Bertz CT molecular complexity index is 1460. The molecule has 0 aromatic heterocycles. The van der Waals surface area contributed by atoms with Crippen LogP contribution in [0.4, 0.5) is 0 Å². The van der Waals surface area contributed by atoms with Crippen molar-refractivity contribution >= 4 is 61.4 Å². The zero-order valence-corrected chi connectivity index (χ0v) is 22.8. The van der Waals surface area contributed by atoms with Crippen LogP contribution < -0.4 is 21.2 Å². The van der Waals surface area contributed by atoms with Crippen molar-refractivity contribution in [1.82, 2.24) is 0 Å². The van der Waals surface area contributed by atoms with Gasteiger partial charge in [0.15, 0.2) is 0 Å². The first-order chi connectivity index (χ1) is 17.9. The number of hydrogen-bond acceptors (Lipinski definition) is 3. The van der Waals surface area contributed by atoms with Gasteiger partial charge in [-0.25, -0.2) is 0 Å². The Morgan fingerprint density at radius 1 is 0.514 bits per heavy atom. The molecule has 37 heavy (non-hydrogen) atoms. The minimum absolute atomic E-state index is 0.0308. The van der Waals surface area contributed by atoms with Crippen LogP contribution in [0.1, 0.15) is 0 Å². The Kier molecular flexibility index (Phi) is 6.97. The summed E-state index contributed by atoms with van der Waals surface area (Å²) < 4.78 is 35.6. The van der Waals surface area contributed by atoms with Gasteiger partial charge in [-0.2, -0.15) is 0 Å². The van der Waals surface area contributed by atoms with Crippen LogP contribution in [0.15, 0.2) is 144 Å². The summed E-state index contributed by atoms with van der Waals surface area (Å²) in [7, 11) is -4.48. The molecule has 0 N–H and O–H groups in total. The summed E-state index contributed by atoms with van der Waals surface area (Å²) in [6.07, 6.45) is 0. The second-order valence-electron chi connectivity index (χ2n) is 8.48. The van der Waals surface area contributed by atoms with Gasteiger partial charge in [0.05, 0.1) is 0 Å². The Labute approximate surface area is 227 Å². The van der Waals surface area contributed by atoms with Gasteiger partial charge >= 0.3 is 228 Å². The fourth-order valence-corrected chi connectivity index (χ4v) is 14.1. The second-order valence-corrected chi connectivity index (χ2v) is 15.4. The fraction of sp³-hybridized carbons (Fsp3) is 0. The van der Waals surface area contributed by atoms with Crippen molar-refractivity contribution in [3.63, 3.8) is 0 Å². The predicted octanol–water partition coefficient (Wildman–Crippen LogP) is 6.47. The van der Waals surface area contributed by atoms with Gasteiger partial charge in [-0.05, 0) is 0 Å². The van der Waals surface area contributed by atoms with Crippen LogP contribution in [0.3, 0.4) is 0 Å². The molecule has 0 spiro atoms. The zero-order valence-electron chi connectivity index (χ0n) is 19.6. The van der Waals surface area contributed by atoms with Crippen molar-refractivity contribution in [3.05, 3.63) is 150 Å². The molecule has 0 aliphatic heterocycles. The third kappa shape index (κ3) is 4.20. The summed E-state index contributed by atoms with van der Waals surface area (Å²) in [6.45, 7) is -4.44. The average molecular weight is 565 g/mol. The summed E-state index contributed by atoms with van der Waals surface area (Å²) in [4.78, 5) is -0.186. The summed E-state index contributed by atoms with van der Waals surface area (Å²) in [5, 5.41) is 3.21. The average Bonchev–Trinajstić information content (AvgIpc) is 2.95. The molecule has 0 saturated carbocycles. The topological polar surface area (TPSA) is 43.4 Å². The van der Waals surface area contributed by atoms with E-state index in [9.17, 15) is 8.42 Å². The maximum absolute atomic E-state index is 14.4. The minimum atomic E-state index is -4.48. The van der Waals surface area contributed by atoms with E-state index in [1.54, 1.807) is 6.07 Å². The van der Waals surface area contributed by atoms with Crippen LogP contribution in [-0.2, 0) is 14.1 Å². The van der Waals surface area contributed by atoms with Gasteiger partial charge in [0.25, 0.3) is 0 Å². The van der Waals surface area contributed by atoms with E-state index in [1.807, 2.05) is 121 Å². The summed E-state index contributed by atoms with van der Waals surface area (Å²) in [5.41, 5.74) is 0. The molecule has 0 amide bonds. The van der Waals surface area contributed by atoms with Gasteiger partial charge in [-0.1, -0.05) is 0 Å². The molecule has 0 fully saturated rings. The fourth-order valence-electron chi connectivity index (χ4n) is 4.82. The van der Waals surface area contributed by atoms with E-state index in [2.05, 4.69) is 0 Å². The maximum atomic E-state index is 14.4. The Morgan fingerprint density at radius 3 is 1.22 bits per heavy atom. The molecule has 0 heterocycles. The third-order valence-corrected chi connectivity index (χ3v) is 15.1. The van der Waals surface area contributed by atoms with Crippen LogP contribution in [-0.4, -0.2) is 8.42 Å². The molecule has 5 rings (SSSR count). The normalized spacial score (nSPS) is 13.0. The molecule has 0 aliphatic rings. The number of hydrogen-bond donors (Lipinski definition) is 0. The van der Waals surface area contributed by atoms with Gasteiger partial charge in [0.2, 0.25) is 0 Å². The SMILES string of the molecule is O=S(=O)(OP(c1ccccc1)(c1ccccc1)(c1ccccc1)c1ccccc1)c1cc(Cl)ccc1Cl. The molecule has 0 bridgehead atoms. The molecular weight excluding hydrogens is 542 g/mol. The predicted molar refractivity (Wildman–Crippen MR) is 156 cm³/mol. The van der Waals surface area contributed by atoms with Crippen molar-refractivity contribution in [1.29, 1.82) is 0 Å². The quantitative estimate of drug-likeness (QED) is 0.213. The summed E-state index contributed by atoms with van der Waals surface area (Å²) in [6, 6.07) is 42.6. The molecule has 3 nitrogen and oxygen atoms in total. The van der Waals surface area contributed by atoms with Gasteiger partial charge in [0, 0.05) is 0 Å². The van der Waals surface area contributed by atoms with E-state index in [-0.39, 0.29) is 14.9 Å². The van der Waals surface area contributed by atoms with Crippen molar-refractivity contribution in [3.8, 4) is 0 Å². The Morgan fingerprint density at radius 2 is 0.865 bits per heavy atom. The number of halogens is 2. The summed E-state index contributed by atoms with van der Waals surface area (Å²) >= 11 is 12.7. The molecule has 0 aliphatic carbocycles. The molecule has 0 saturated heterocycles. The van der Waals surface area contributed by atoms with E-state index < -0.39 is 16.9 Å². The van der Waals surface area contributed by atoms with Gasteiger partial charge in [-0.15, -0.1) is 0 Å². The van der Waals surface area contributed by atoms with E-state index in [0.717, 1.165) is 21.2 Å². The molecule has 5 aromatic rings. The molecule has 0 radical (unpaired) electrons. The molecule has 5 aromatic carbocycles. The van der Waals surface area contributed by atoms with Crippen molar-refractivity contribution in [2.75, 3.05) is 0 Å². The monoisotopic (exact) mass is 564 g/mol. The van der Waals surface area contributed by atoms with Crippen molar-refractivity contribution in [2.45, 2.75) is 4.90 Å². The van der Waals surface area contributed by atoms with Crippen LogP contribution in [0.5, 0.6) is 0 Å². The van der Waals surface area contributed by atoms with Crippen LogP contribution >= 0.6 is 30.0 Å². The van der Waals surface area contributed by atoms with Crippen molar-refractivity contribution < 1.29 is 12.4 Å². The molecule has 0 atom stereocenters. The first-order valence-corrected chi connectivity index (χ1v) is 15.9.